The van der Waals surface area contributed by atoms with Gasteiger partial charge in [-0.15, -0.1) is 0 Å². The Bertz CT molecular complexity index is 1080. The molecule has 0 saturated heterocycles. The number of carbonyl (C=O) groups is 2. The van der Waals surface area contributed by atoms with Crippen molar-refractivity contribution in [3.8, 4) is 11.5 Å². The number of aryl methyl sites for hydroxylation is 4. The van der Waals surface area contributed by atoms with Gasteiger partial charge in [0.2, 0.25) is 0 Å². The molecule has 0 aliphatic heterocycles. The van der Waals surface area contributed by atoms with Gasteiger partial charge in [0, 0.05) is 35.5 Å². The van der Waals surface area contributed by atoms with Crippen LogP contribution in [0.1, 0.15) is 101 Å². The average Bonchev–Trinajstić information content (AvgIpc) is 2.91. The molecule has 41 heavy (non-hydrogen) atoms. The van der Waals surface area contributed by atoms with Crippen molar-refractivity contribution in [2.45, 2.75) is 105 Å². The molecular formula is C32H44CoN2O6. The van der Waals surface area contributed by atoms with E-state index in [0.717, 1.165) is 87.5 Å². The number of aromatic hydroxyl groups is 2. The number of hydrogen-bond acceptors (Lipinski definition) is 8. The zero-order chi connectivity index (χ0) is 30.2. The number of hydrogen-bond donors (Lipinski definition) is 2. The molecule has 3 rings (SSSR count). The minimum Gasteiger partial charge on any atom is -0.550 e. The number of carboxylic acids is 2. The van der Waals surface area contributed by atoms with Crippen molar-refractivity contribution >= 4 is 24.4 Å². The molecule has 0 heterocycles. The minimum atomic E-state index is -1.08. The second-order valence-corrected chi connectivity index (χ2v) is 9.81. The molecule has 227 valence electrons. The molecule has 1 aliphatic rings. The third-order valence-corrected chi connectivity index (χ3v) is 6.60. The Kier molecular flexibility index (Phi) is 18.3. The molecule has 9 heteroatoms. The Balaban J connectivity index is 0.00000158. The van der Waals surface area contributed by atoms with E-state index in [-0.39, 0.29) is 28.9 Å². The van der Waals surface area contributed by atoms with Crippen LogP contribution in [0.3, 0.4) is 0 Å². The maximum absolute atomic E-state index is 10.6. The van der Waals surface area contributed by atoms with Crippen molar-refractivity contribution in [2.75, 3.05) is 0 Å². The van der Waals surface area contributed by atoms with Crippen LogP contribution in [-0.4, -0.2) is 46.7 Å². The first-order chi connectivity index (χ1) is 18.9. The van der Waals surface area contributed by atoms with E-state index in [0.29, 0.717) is 11.5 Å². The van der Waals surface area contributed by atoms with Crippen molar-refractivity contribution < 1.29 is 46.8 Å². The zero-order valence-electron chi connectivity index (χ0n) is 25.0. The van der Waals surface area contributed by atoms with E-state index in [1.54, 1.807) is 0 Å². The van der Waals surface area contributed by atoms with Gasteiger partial charge in [0.25, 0.3) is 0 Å². The van der Waals surface area contributed by atoms with Crippen LogP contribution in [0.2, 0.25) is 0 Å². The van der Waals surface area contributed by atoms with Crippen molar-refractivity contribution in [1.29, 1.82) is 0 Å². The summed E-state index contributed by atoms with van der Waals surface area (Å²) in [4.78, 5) is 27.4. The Morgan fingerprint density at radius 2 is 1.10 bits per heavy atom. The zero-order valence-corrected chi connectivity index (χ0v) is 26.1. The van der Waals surface area contributed by atoms with E-state index in [9.17, 15) is 10.2 Å². The molecule has 1 radical (unpaired) electrons. The van der Waals surface area contributed by atoms with Crippen LogP contribution in [0.5, 0.6) is 11.5 Å². The van der Waals surface area contributed by atoms with Crippen LogP contribution in [0.4, 0.5) is 0 Å². The molecule has 1 fully saturated rings. The normalized spacial score (nSPS) is 16.2. The number of benzene rings is 2. The topological polar surface area (TPSA) is 145 Å². The first kappa shape index (κ1) is 37.8. The number of nitrogens with zero attached hydrogens (tertiary/aromatic N) is 2. The summed E-state index contributed by atoms with van der Waals surface area (Å²) in [5, 5.41) is 38.9. The number of aliphatic imine (C=N–C) groups is 2. The maximum atomic E-state index is 10.6. The first-order valence-corrected chi connectivity index (χ1v) is 14.1. The molecular weight excluding hydrogens is 567 g/mol. The summed E-state index contributed by atoms with van der Waals surface area (Å²) >= 11 is 0. The van der Waals surface area contributed by atoms with Crippen LogP contribution in [0.25, 0.3) is 0 Å². The molecule has 0 spiro atoms. The molecule has 0 aromatic heterocycles. The number of rotatable bonds is 8. The molecule has 1 saturated carbocycles. The summed E-state index contributed by atoms with van der Waals surface area (Å²) in [6.07, 6.45) is 11.3. The summed E-state index contributed by atoms with van der Waals surface area (Å²) in [6, 6.07) is 8.69. The van der Waals surface area contributed by atoms with E-state index in [2.05, 4.69) is 39.8 Å². The fourth-order valence-corrected chi connectivity index (χ4v) is 4.50. The molecule has 2 aromatic rings. The SMILES string of the molecule is CC(=O)[O-].CC(=O)[O-].CCc1cc(C=NC2CCCC(N=Cc3cc(CC)cc(CC)c3O)C2)c(O)c(CC)c1.[Co+2]. The summed E-state index contributed by atoms with van der Waals surface area (Å²) in [5.74, 6) is -1.45. The number of phenolic OH excluding ortho intramolecular Hbond substituents is 2. The Morgan fingerprint density at radius 3 is 1.39 bits per heavy atom. The fourth-order valence-electron chi connectivity index (χ4n) is 4.50. The van der Waals surface area contributed by atoms with Gasteiger partial charge in [-0.3, -0.25) is 9.98 Å². The van der Waals surface area contributed by atoms with Gasteiger partial charge in [-0.05, 0) is 99.6 Å². The molecule has 2 N–H and O–H groups in total. The predicted octanol–water partition coefficient (Wildman–Crippen LogP) is 3.71. The summed E-state index contributed by atoms with van der Waals surface area (Å²) < 4.78 is 0. The van der Waals surface area contributed by atoms with Crippen molar-refractivity contribution in [1.82, 2.24) is 0 Å². The average molecular weight is 612 g/mol. The van der Waals surface area contributed by atoms with Gasteiger partial charge in [0.05, 0.1) is 12.1 Å². The Hall–Kier alpha value is -3.17. The van der Waals surface area contributed by atoms with E-state index < -0.39 is 11.9 Å². The number of phenols is 2. The van der Waals surface area contributed by atoms with Gasteiger partial charge in [-0.25, -0.2) is 0 Å². The Morgan fingerprint density at radius 1 is 0.756 bits per heavy atom. The van der Waals surface area contributed by atoms with Crippen LogP contribution in [-0.2, 0) is 52.1 Å². The van der Waals surface area contributed by atoms with Gasteiger partial charge in [0.1, 0.15) is 11.5 Å². The fraction of sp³-hybridized carbons (Fsp3) is 0.500. The smallest absolute Gasteiger partial charge is 0.550 e. The summed E-state index contributed by atoms with van der Waals surface area (Å²) in [7, 11) is 0. The van der Waals surface area contributed by atoms with Gasteiger partial charge in [-0.1, -0.05) is 39.8 Å². The molecule has 2 atom stereocenters. The summed E-state index contributed by atoms with van der Waals surface area (Å²) in [6.45, 7) is 10.3. The van der Waals surface area contributed by atoms with Crippen LogP contribution >= 0.6 is 0 Å². The van der Waals surface area contributed by atoms with Gasteiger partial charge in [0.15, 0.2) is 0 Å². The Labute approximate surface area is 254 Å². The summed E-state index contributed by atoms with van der Waals surface area (Å²) in [5.41, 5.74) is 6.07. The van der Waals surface area contributed by atoms with Crippen LogP contribution in [0.15, 0.2) is 34.3 Å². The molecule has 0 amide bonds. The van der Waals surface area contributed by atoms with E-state index in [1.807, 2.05) is 24.6 Å². The molecule has 0 bridgehead atoms. The molecule has 8 nitrogen and oxygen atoms in total. The largest absolute Gasteiger partial charge is 2.00 e. The van der Waals surface area contributed by atoms with E-state index in [4.69, 9.17) is 29.8 Å². The number of carboxylic acid groups (broad SMARTS) is 2. The molecule has 2 unspecified atom stereocenters. The van der Waals surface area contributed by atoms with Crippen LogP contribution in [0, 0.1) is 0 Å². The van der Waals surface area contributed by atoms with Crippen molar-refractivity contribution in [3.05, 3.63) is 57.6 Å². The molecule has 1 aliphatic carbocycles. The van der Waals surface area contributed by atoms with E-state index >= 15 is 0 Å². The maximum Gasteiger partial charge on any atom is 2.00 e. The monoisotopic (exact) mass is 611 g/mol. The minimum absolute atomic E-state index is 0. The van der Waals surface area contributed by atoms with Crippen molar-refractivity contribution in [2.24, 2.45) is 9.98 Å². The van der Waals surface area contributed by atoms with Gasteiger partial charge < -0.3 is 30.0 Å². The third-order valence-electron chi connectivity index (χ3n) is 6.60. The standard InChI is InChI=1S/C28H38N2O2.2C2H4O2.Co/c1-5-19-12-21(7-3)27(31)23(14-19)17-29-25-10-9-11-26(16-25)30-18-24-15-20(6-2)13-22(8-4)28(24)32;2*1-2(3)4;/h12-15,17-18,25-26,31-32H,5-11,16H2,1-4H3;2*1H3,(H,3,4);/q;;;+2/p-2. The third kappa shape index (κ3) is 13.8. The number of aliphatic carboxylic acids is 2. The van der Waals surface area contributed by atoms with Gasteiger partial charge in [-0.2, -0.15) is 0 Å². The van der Waals surface area contributed by atoms with Crippen LogP contribution < -0.4 is 10.2 Å². The molecule has 2 aromatic carbocycles. The second kappa shape index (κ2) is 19.8. The quantitative estimate of drug-likeness (QED) is 0.436. The van der Waals surface area contributed by atoms with E-state index in [1.165, 1.54) is 11.1 Å². The number of carbonyl (C=O) groups excluding carboxylic acids is 2. The predicted molar refractivity (Wildman–Crippen MR) is 156 cm³/mol. The first-order valence-electron chi connectivity index (χ1n) is 14.1. The van der Waals surface area contributed by atoms with Gasteiger partial charge >= 0.3 is 16.8 Å². The van der Waals surface area contributed by atoms with Crippen molar-refractivity contribution in [3.63, 3.8) is 0 Å². The second-order valence-electron chi connectivity index (χ2n) is 9.81.